The SMILES string of the molecule is Cc1cc(N(CC2CO2)C(=O)c2c(CC3CO3)c(C)c(N)c(CC3CO3)c2CC2CO2)ccc1N. The molecular formula is C27H33N3O5. The van der Waals surface area contributed by atoms with Gasteiger partial charge in [-0.05, 0) is 59.9 Å². The van der Waals surface area contributed by atoms with Gasteiger partial charge in [-0.1, -0.05) is 0 Å². The van der Waals surface area contributed by atoms with Gasteiger partial charge in [0, 0.05) is 41.9 Å². The molecule has 186 valence electrons. The lowest BCUT2D eigenvalue weighted by Crippen LogP contribution is -2.36. The molecule has 4 fully saturated rings. The van der Waals surface area contributed by atoms with E-state index in [2.05, 4.69) is 0 Å². The van der Waals surface area contributed by atoms with Crippen molar-refractivity contribution in [3.05, 3.63) is 51.6 Å². The third-order valence-corrected chi connectivity index (χ3v) is 7.46. The van der Waals surface area contributed by atoms with Gasteiger partial charge in [0.05, 0.1) is 57.4 Å². The van der Waals surface area contributed by atoms with E-state index in [0.717, 1.165) is 51.4 Å². The quantitative estimate of drug-likeness (QED) is 0.396. The lowest BCUT2D eigenvalue weighted by Gasteiger charge is -2.28. The molecule has 2 aromatic rings. The molecule has 0 spiro atoms. The van der Waals surface area contributed by atoms with Crippen molar-refractivity contribution in [2.75, 3.05) is 49.3 Å². The van der Waals surface area contributed by atoms with E-state index in [1.807, 2.05) is 36.9 Å². The maximum atomic E-state index is 14.6. The molecule has 4 aliphatic rings. The molecule has 35 heavy (non-hydrogen) atoms. The Kier molecular flexibility index (Phi) is 5.72. The predicted octanol–water partition coefficient (Wildman–Crippen LogP) is 2.34. The van der Waals surface area contributed by atoms with Crippen LogP contribution in [0.5, 0.6) is 0 Å². The first-order valence-corrected chi connectivity index (χ1v) is 12.5. The van der Waals surface area contributed by atoms with Crippen molar-refractivity contribution in [1.82, 2.24) is 0 Å². The molecule has 4 aliphatic heterocycles. The van der Waals surface area contributed by atoms with Crippen LogP contribution in [0.3, 0.4) is 0 Å². The van der Waals surface area contributed by atoms with Gasteiger partial charge in [-0.2, -0.15) is 0 Å². The van der Waals surface area contributed by atoms with E-state index in [9.17, 15) is 4.79 Å². The minimum Gasteiger partial charge on any atom is -0.399 e. The van der Waals surface area contributed by atoms with Crippen molar-refractivity contribution in [2.45, 2.75) is 57.5 Å². The molecule has 0 bridgehead atoms. The third kappa shape index (κ3) is 4.89. The van der Waals surface area contributed by atoms with Gasteiger partial charge in [-0.25, -0.2) is 0 Å². The normalized spacial score (nSPS) is 25.9. The first-order chi connectivity index (χ1) is 16.9. The van der Waals surface area contributed by atoms with Crippen LogP contribution in [-0.2, 0) is 38.2 Å². The zero-order valence-electron chi connectivity index (χ0n) is 20.3. The van der Waals surface area contributed by atoms with Crippen molar-refractivity contribution >= 4 is 23.0 Å². The second-order valence-electron chi connectivity index (χ2n) is 10.2. The lowest BCUT2D eigenvalue weighted by atomic mass is 9.83. The lowest BCUT2D eigenvalue weighted by molar-refractivity contribution is 0.0982. The smallest absolute Gasteiger partial charge is 0.258 e. The largest absolute Gasteiger partial charge is 0.399 e. The van der Waals surface area contributed by atoms with Crippen LogP contribution < -0.4 is 16.4 Å². The highest BCUT2D eigenvalue weighted by atomic mass is 16.6. The number of carbonyl (C=O) groups is 1. The molecular weight excluding hydrogens is 446 g/mol. The van der Waals surface area contributed by atoms with Gasteiger partial charge in [-0.15, -0.1) is 0 Å². The summed E-state index contributed by atoms with van der Waals surface area (Å²) in [6.07, 6.45) is 2.49. The summed E-state index contributed by atoms with van der Waals surface area (Å²) in [4.78, 5) is 16.4. The standard InChI is InChI=1S/C27H33N3O5/c1-14-5-16(3-4-24(14)28)30(9-20-13-35-20)27(31)25-21(6-17-10-32-17)15(2)26(29)23(8-19-12-34-19)22(25)7-18-11-33-18/h3-5,17-20H,6-13,28-29H2,1-2H3. The summed E-state index contributed by atoms with van der Waals surface area (Å²) in [6, 6.07) is 5.76. The molecule has 4 unspecified atom stereocenters. The van der Waals surface area contributed by atoms with E-state index in [0.29, 0.717) is 51.3 Å². The zero-order chi connectivity index (χ0) is 24.3. The van der Waals surface area contributed by atoms with Gasteiger partial charge in [0.25, 0.3) is 5.91 Å². The van der Waals surface area contributed by atoms with E-state index in [1.54, 1.807) is 0 Å². The number of rotatable bonds is 10. The molecule has 8 heteroatoms. The van der Waals surface area contributed by atoms with E-state index in [-0.39, 0.29) is 30.3 Å². The number of hydrogen-bond donors (Lipinski definition) is 2. The molecule has 0 aromatic heterocycles. The van der Waals surface area contributed by atoms with Crippen LogP contribution in [0, 0.1) is 13.8 Å². The molecule has 4 N–H and O–H groups in total. The van der Waals surface area contributed by atoms with Gasteiger partial charge in [0.1, 0.15) is 0 Å². The van der Waals surface area contributed by atoms with Crippen LogP contribution in [-0.4, -0.2) is 63.3 Å². The molecule has 0 radical (unpaired) electrons. The summed E-state index contributed by atoms with van der Waals surface area (Å²) >= 11 is 0. The van der Waals surface area contributed by atoms with Crippen LogP contribution in [0.25, 0.3) is 0 Å². The highest BCUT2D eigenvalue weighted by Gasteiger charge is 2.38. The number of hydrogen-bond acceptors (Lipinski definition) is 7. The van der Waals surface area contributed by atoms with Crippen LogP contribution in [0.15, 0.2) is 18.2 Å². The van der Waals surface area contributed by atoms with Crippen molar-refractivity contribution in [3.8, 4) is 0 Å². The Balaban J connectivity index is 1.49. The number of carbonyl (C=O) groups excluding carboxylic acids is 1. The first-order valence-electron chi connectivity index (χ1n) is 12.5. The molecule has 8 nitrogen and oxygen atoms in total. The number of epoxide rings is 4. The number of benzene rings is 2. The molecule has 4 saturated heterocycles. The number of nitrogens with zero attached hydrogens (tertiary/aromatic N) is 1. The van der Waals surface area contributed by atoms with E-state index in [1.165, 1.54) is 0 Å². The molecule has 0 saturated carbocycles. The molecule has 2 aromatic carbocycles. The highest BCUT2D eigenvalue weighted by molar-refractivity contribution is 6.09. The monoisotopic (exact) mass is 479 g/mol. The zero-order valence-corrected chi connectivity index (χ0v) is 20.3. The Bertz CT molecular complexity index is 1170. The molecule has 4 heterocycles. The van der Waals surface area contributed by atoms with E-state index >= 15 is 0 Å². The summed E-state index contributed by atoms with van der Waals surface area (Å²) in [6.45, 7) is 7.29. The summed E-state index contributed by atoms with van der Waals surface area (Å²) < 4.78 is 22.3. The topological polar surface area (TPSA) is 122 Å². The molecule has 4 atom stereocenters. The summed E-state index contributed by atoms with van der Waals surface area (Å²) in [7, 11) is 0. The van der Waals surface area contributed by atoms with Crippen LogP contribution in [0.4, 0.5) is 17.1 Å². The fraction of sp³-hybridized carbons (Fsp3) is 0.519. The maximum absolute atomic E-state index is 14.6. The summed E-state index contributed by atoms with van der Waals surface area (Å²) in [5.74, 6) is -0.0305. The first kappa shape index (κ1) is 22.8. The second kappa shape index (κ2) is 8.78. The fourth-order valence-corrected chi connectivity index (χ4v) is 4.93. The van der Waals surface area contributed by atoms with Gasteiger partial charge < -0.3 is 35.3 Å². The number of nitrogen functional groups attached to an aromatic ring is 2. The minimum absolute atomic E-state index is 0.0305. The third-order valence-electron chi connectivity index (χ3n) is 7.46. The number of ether oxygens (including phenoxy) is 4. The Morgan fingerprint density at radius 1 is 0.857 bits per heavy atom. The number of aryl methyl sites for hydroxylation is 1. The Hall–Kier alpha value is -2.65. The molecule has 1 amide bonds. The van der Waals surface area contributed by atoms with Gasteiger partial charge in [-0.3, -0.25) is 4.79 Å². The Morgan fingerprint density at radius 3 is 1.94 bits per heavy atom. The van der Waals surface area contributed by atoms with Gasteiger partial charge in [0.2, 0.25) is 0 Å². The van der Waals surface area contributed by atoms with Crippen molar-refractivity contribution in [1.29, 1.82) is 0 Å². The predicted molar refractivity (Wildman–Crippen MR) is 133 cm³/mol. The van der Waals surface area contributed by atoms with Crippen molar-refractivity contribution in [2.24, 2.45) is 0 Å². The van der Waals surface area contributed by atoms with Crippen LogP contribution in [0.1, 0.15) is 38.2 Å². The number of anilines is 3. The Labute approximate surface area is 205 Å². The molecule has 0 aliphatic carbocycles. The minimum atomic E-state index is -0.0305. The molecule has 6 rings (SSSR count). The summed E-state index contributed by atoms with van der Waals surface area (Å²) in [5, 5.41) is 0. The van der Waals surface area contributed by atoms with E-state index < -0.39 is 0 Å². The highest BCUT2D eigenvalue weighted by Crippen LogP contribution is 2.38. The van der Waals surface area contributed by atoms with Crippen LogP contribution in [0.2, 0.25) is 0 Å². The average Bonchev–Trinajstić information content (AvgIpc) is 3.67. The van der Waals surface area contributed by atoms with Gasteiger partial charge in [0.15, 0.2) is 0 Å². The van der Waals surface area contributed by atoms with Crippen LogP contribution >= 0.6 is 0 Å². The van der Waals surface area contributed by atoms with Crippen molar-refractivity contribution < 1.29 is 23.7 Å². The van der Waals surface area contributed by atoms with Crippen molar-refractivity contribution in [3.63, 3.8) is 0 Å². The Morgan fingerprint density at radius 2 is 1.40 bits per heavy atom. The van der Waals surface area contributed by atoms with Gasteiger partial charge >= 0.3 is 0 Å². The summed E-state index contributed by atoms with van der Waals surface area (Å²) in [5.41, 5.74) is 20.8. The number of amides is 1. The van der Waals surface area contributed by atoms with E-state index in [4.69, 9.17) is 30.4 Å². The average molecular weight is 480 g/mol. The fourth-order valence-electron chi connectivity index (χ4n) is 4.93. The number of nitrogens with two attached hydrogens (primary N) is 2. The second-order valence-corrected chi connectivity index (χ2v) is 10.2. The maximum Gasteiger partial charge on any atom is 0.258 e.